The number of aromatic hydroxyl groups is 1. The van der Waals surface area contributed by atoms with Gasteiger partial charge in [0.05, 0.1) is 5.41 Å². The summed E-state index contributed by atoms with van der Waals surface area (Å²) in [5, 5.41) is 12.9. The van der Waals surface area contributed by atoms with E-state index in [4.69, 9.17) is 4.74 Å². The summed E-state index contributed by atoms with van der Waals surface area (Å²) in [6.07, 6.45) is 2.75. The quantitative estimate of drug-likeness (QED) is 0.742. The molecule has 2 aromatic rings. The van der Waals surface area contributed by atoms with Gasteiger partial charge < -0.3 is 20.1 Å². The Kier molecular flexibility index (Phi) is 4.85. The van der Waals surface area contributed by atoms with E-state index in [2.05, 4.69) is 10.2 Å². The normalized spacial score (nSPS) is 19.8. The molecule has 31 heavy (non-hydrogen) atoms. The van der Waals surface area contributed by atoms with Crippen molar-refractivity contribution in [3.63, 3.8) is 0 Å². The van der Waals surface area contributed by atoms with Gasteiger partial charge in [0.2, 0.25) is 11.8 Å². The summed E-state index contributed by atoms with van der Waals surface area (Å²) in [5.41, 5.74) is 3.32. The van der Waals surface area contributed by atoms with Crippen LogP contribution in [0, 0.1) is 0 Å². The Labute approximate surface area is 181 Å². The average Bonchev–Trinajstić information content (AvgIpc) is 3.03. The molecule has 2 amide bonds. The molecule has 2 N–H and O–H groups in total. The third-order valence-electron chi connectivity index (χ3n) is 6.98. The maximum atomic E-state index is 12.7. The molecule has 0 radical (unpaired) electrons. The van der Waals surface area contributed by atoms with E-state index in [1.165, 1.54) is 0 Å². The molecule has 3 aliphatic rings. The first-order valence-corrected chi connectivity index (χ1v) is 10.9. The van der Waals surface area contributed by atoms with Crippen LogP contribution in [0.15, 0.2) is 36.4 Å². The van der Waals surface area contributed by atoms with Crippen LogP contribution in [0.2, 0.25) is 0 Å². The average molecular weight is 421 g/mol. The van der Waals surface area contributed by atoms with Gasteiger partial charge in [-0.1, -0.05) is 0 Å². The van der Waals surface area contributed by atoms with Crippen LogP contribution in [0.4, 0.5) is 11.4 Å². The smallest absolute Gasteiger partial charge is 0.235 e. The van der Waals surface area contributed by atoms with Crippen molar-refractivity contribution in [2.45, 2.75) is 31.1 Å². The number of fused-ring (bicyclic) bond motifs is 3. The van der Waals surface area contributed by atoms with Crippen LogP contribution in [0.1, 0.15) is 30.4 Å². The predicted octanol–water partition coefficient (Wildman–Crippen LogP) is 2.67. The molecule has 1 saturated heterocycles. The number of phenols is 1. The highest BCUT2D eigenvalue weighted by Crippen LogP contribution is 2.46. The summed E-state index contributed by atoms with van der Waals surface area (Å²) in [4.78, 5) is 28.6. The minimum Gasteiger partial charge on any atom is -0.508 e. The van der Waals surface area contributed by atoms with Gasteiger partial charge in [-0.05, 0) is 79.9 Å². The van der Waals surface area contributed by atoms with Crippen molar-refractivity contribution in [1.29, 1.82) is 0 Å². The molecule has 0 aromatic heterocycles. The fourth-order valence-electron chi connectivity index (χ4n) is 5.07. The monoisotopic (exact) mass is 421 g/mol. The van der Waals surface area contributed by atoms with Gasteiger partial charge in [-0.15, -0.1) is 0 Å². The topological polar surface area (TPSA) is 82.1 Å². The number of aryl methyl sites for hydroxylation is 1. The second-order valence-electron chi connectivity index (χ2n) is 8.70. The summed E-state index contributed by atoms with van der Waals surface area (Å²) >= 11 is 0. The van der Waals surface area contributed by atoms with Crippen LogP contribution >= 0.6 is 0 Å². The van der Waals surface area contributed by atoms with Gasteiger partial charge in [0, 0.05) is 31.4 Å². The van der Waals surface area contributed by atoms with Crippen LogP contribution < -0.4 is 15.0 Å². The Balaban J connectivity index is 1.17. The number of rotatable bonds is 4. The van der Waals surface area contributed by atoms with E-state index < -0.39 is 5.41 Å². The van der Waals surface area contributed by atoms with Gasteiger partial charge in [-0.2, -0.15) is 0 Å². The van der Waals surface area contributed by atoms with E-state index in [1.807, 2.05) is 25.2 Å². The van der Waals surface area contributed by atoms with E-state index in [1.54, 1.807) is 23.1 Å². The van der Waals surface area contributed by atoms with Crippen LogP contribution in [-0.4, -0.2) is 55.1 Å². The molecule has 3 aliphatic heterocycles. The molecule has 1 spiro atoms. The molecule has 0 atom stereocenters. The van der Waals surface area contributed by atoms with Crippen LogP contribution in [0.25, 0.3) is 0 Å². The molecule has 0 bridgehead atoms. The number of phenolic OH excluding ortho intramolecular Hbond substituents is 1. The predicted molar refractivity (Wildman–Crippen MR) is 118 cm³/mol. The molecule has 5 rings (SSSR count). The molecule has 0 aliphatic carbocycles. The first kappa shape index (κ1) is 19.9. The maximum absolute atomic E-state index is 12.7. The number of hydrogen-bond acceptors (Lipinski definition) is 5. The Bertz CT molecular complexity index is 1040. The summed E-state index contributed by atoms with van der Waals surface area (Å²) in [6, 6.07) is 11.0. The van der Waals surface area contributed by atoms with Gasteiger partial charge in [-0.25, -0.2) is 0 Å². The largest absolute Gasteiger partial charge is 0.508 e. The standard InChI is InChI=1S/C24H27N3O4/c1-26-21-6-4-18(14-16(21)2-7-22(26)29)31-13-12-27-10-8-24(9-11-27)19-15-17(28)3-5-20(19)25-23(24)30/h3-6,14-15,28H,2,7-13H2,1H3,(H,25,30). The number of amides is 2. The molecule has 2 aromatic carbocycles. The highest BCUT2D eigenvalue weighted by molar-refractivity contribution is 6.06. The molecule has 7 heteroatoms. The zero-order valence-electron chi connectivity index (χ0n) is 17.7. The Hall–Kier alpha value is -3.06. The molecule has 162 valence electrons. The van der Waals surface area contributed by atoms with Crippen molar-refractivity contribution in [2.75, 3.05) is 43.5 Å². The molecule has 1 fully saturated rings. The molecule has 7 nitrogen and oxygen atoms in total. The van der Waals surface area contributed by atoms with E-state index in [-0.39, 0.29) is 17.6 Å². The minimum atomic E-state index is -0.534. The zero-order valence-corrected chi connectivity index (χ0v) is 17.7. The summed E-state index contributed by atoms with van der Waals surface area (Å²) in [6.45, 7) is 2.98. The zero-order chi connectivity index (χ0) is 21.6. The number of nitrogens with zero attached hydrogens (tertiary/aromatic N) is 2. The number of piperidine rings is 1. The van der Waals surface area contributed by atoms with Crippen LogP contribution in [0.5, 0.6) is 11.5 Å². The summed E-state index contributed by atoms with van der Waals surface area (Å²) in [7, 11) is 1.81. The third kappa shape index (κ3) is 3.43. The van der Waals surface area contributed by atoms with Crippen molar-refractivity contribution in [3.8, 4) is 11.5 Å². The highest BCUT2D eigenvalue weighted by atomic mass is 16.5. The summed E-state index contributed by atoms with van der Waals surface area (Å²) < 4.78 is 5.99. The van der Waals surface area contributed by atoms with Crippen molar-refractivity contribution in [3.05, 3.63) is 47.5 Å². The van der Waals surface area contributed by atoms with E-state index >= 15 is 0 Å². The molecular weight excluding hydrogens is 394 g/mol. The molecule has 0 unspecified atom stereocenters. The number of hydrogen-bond donors (Lipinski definition) is 2. The first-order valence-electron chi connectivity index (χ1n) is 10.9. The lowest BCUT2D eigenvalue weighted by Gasteiger charge is -2.37. The molecule has 3 heterocycles. The second kappa shape index (κ2) is 7.57. The number of carbonyl (C=O) groups is 2. The van der Waals surface area contributed by atoms with Crippen molar-refractivity contribution in [2.24, 2.45) is 0 Å². The Morgan fingerprint density at radius 3 is 2.71 bits per heavy atom. The Morgan fingerprint density at radius 1 is 1.10 bits per heavy atom. The fourth-order valence-corrected chi connectivity index (χ4v) is 5.07. The third-order valence-corrected chi connectivity index (χ3v) is 6.98. The fraction of sp³-hybridized carbons (Fsp3) is 0.417. The van der Waals surface area contributed by atoms with Gasteiger partial charge in [-0.3, -0.25) is 14.5 Å². The summed E-state index contributed by atoms with van der Waals surface area (Å²) in [5.74, 6) is 1.22. The minimum absolute atomic E-state index is 0.0431. The Morgan fingerprint density at radius 2 is 1.90 bits per heavy atom. The lowest BCUT2D eigenvalue weighted by Crippen LogP contribution is -2.47. The number of nitrogens with one attached hydrogen (secondary N) is 1. The van der Waals surface area contributed by atoms with E-state index in [0.29, 0.717) is 13.0 Å². The maximum Gasteiger partial charge on any atom is 0.235 e. The number of likely N-dealkylation sites (tertiary alicyclic amines) is 1. The van der Waals surface area contributed by atoms with E-state index in [0.717, 1.165) is 67.1 Å². The highest BCUT2D eigenvalue weighted by Gasteiger charge is 2.48. The van der Waals surface area contributed by atoms with Crippen LogP contribution in [0.3, 0.4) is 0 Å². The second-order valence-corrected chi connectivity index (χ2v) is 8.70. The van der Waals surface area contributed by atoms with Crippen molar-refractivity contribution >= 4 is 23.2 Å². The lowest BCUT2D eigenvalue weighted by atomic mass is 9.73. The lowest BCUT2D eigenvalue weighted by molar-refractivity contribution is -0.122. The van der Waals surface area contributed by atoms with Crippen molar-refractivity contribution < 1.29 is 19.4 Å². The SMILES string of the molecule is CN1C(=O)CCc2cc(OCCN3CCC4(CC3)C(=O)Nc3ccc(O)cc34)ccc21. The van der Waals surface area contributed by atoms with Crippen LogP contribution in [-0.2, 0) is 21.4 Å². The van der Waals surface area contributed by atoms with Gasteiger partial charge >= 0.3 is 0 Å². The number of ether oxygens (including phenoxy) is 1. The van der Waals surface area contributed by atoms with Gasteiger partial charge in [0.1, 0.15) is 18.1 Å². The number of anilines is 2. The van der Waals surface area contributed by atoms with Gasteiger partial charge in [0.15, 0.2) is 0 Å². The first-order chi connectivity index (χ1) is 15.0. The van der Waals surface area contributed by atoms with Crippen molar-refractivity contribution in [1.82, 2.24) is 4.90 Å². The molecule has 0 saturated carbocycles. The van der Waals surface area contributed by atoms with E-state index in [9.17, 15) is 14.7 Å². The number of benzene rings is 2. The number of carbonyl (C=O) groups excluding carboxylic acids is 2. The molecular formula is C24H27N3O4. The van der Waals surface area contributed by atoms with Gasteiger partial charge in [0.25, 0.3) is 0 Å².